The molecule has 104 valence electrons. The van der Waals surface area contributed by atoms with Crippen LogP contribution in [-0.4, -0.2) is 40.6 Å². The largest absolute Gasteiger partial charge is 0.480 e. The van der Waals surface area contributed by atoms with Gasteiger partial charge in [0.2, 0.25) is 0 Å². The molecule has 0 saturated carbocycles. The maximum atomic E-state index is 12.3. The molecule has 0 aromatic heterocycles. The summed E-state index contributed by atoms with van der Waals surface area (Å²) >= 11 is 0. The molecule has 1 heterocycles. The Morgan fingerprint density at radius 3 is 2.28 bits per heavy atom. The van der Waals surface area contributed by atoms with Crippen LogP contribution in [0.2, 0.25) is 0 Å². The molecule has 1 aliphatic rings. The number of hydrogen-bond acceptors (Lipinski definition) is 2. The number of rotatable bonds is 2. The van der Waals surface area contributed by atoms with Crippen LogP contribution in [0, 0.1) is 11.8 Å². The van der Waals surface area contributed by atoms with E-state index in [0.29, 0.717) is 11.3 Å². The predicted molar refractivity (Wildman–Crippen MR) is 56.8 cm³/mol. The van der Waals surface area contributed by atoms with E-state index >= 15 is 0 Å². The van der Waals surface area contributed by atoms with Crippen LogP contribution < -0.4 is 0 Å². The molecule has 0 spiro atoms. The summed E-state index contributed by atoms with van der Waals surface area (Å²) in [5, 5.41) is 8.96. The summed E-state index contributed by atoms with van der Waals surface area (Å²) in [4.78, 5) is 22.6. The van der Waals surface area contributed by atoms with Gasteiger partial charge in [0.15, 0.2) is 0 Å². The Bertz CT molecular complexity index is 341. The van der Waals surface area contributed by atoms with Crippen LogP contribution in [0.15, 0.2) is 0 Å². The van der Waals surface area contributed by atoms with E-state index in [4.69, 9.17) is 5.11 Å². The van der Waals surface area contributed by atoms with Crippen molar-refractivity contribution in [2.24, 2.45) is 11.8 Å². The fraction of sp³-hybridized carbons (Fsp3) is 0.818. The quantitative estimate of drug-likeness (QED) is 0.831. The highest BCUT2D eigenvalue weighted by molar-refractivity contribution is 5.87. The minimum atomic E-state index is -5.02. The molecule has 0 radical (unpaired) electrons. The number of alkyl halides is 3. The number of carbonyl (C=O) groups is 2. The summed E-state index contributed by atoms with van der Waals surface area (Å²) in [6.45, 7) is 3.63. The number of aliphatic carboxylic acids is 1. The Morgan fingerprint density at radius 1 is 1.33 bits per heavy atom. The zero-order valence-electron chi connectivity index (χ0n) is 10.2. The van der Waals surface area contributed by atoms with Crippen molar-refractivity contribution in [3.8, 4) is 0 Å². The smallest absolute Gasteiger partial charge is 0.471 e. The Labute approximate surface area is 103 Å². The lowest BCUT2D eigenvalue weighted by molar-refractivity contribution is -0.192. The number of amides is 1. The van der Waals surface area contributed by atoms with Gasteiger partial charge in [0.25, 0.3) is 0 Å². The van der Waals surface area contributed by atoms with E-state index in [1.807, 2.05) is 13.8 Å². The summed E-state index contributed by atoms with van der Waals surface area (Å²) in [5.41, 5.74) is 0. The number of carboxylic acids is 1. The predicted octanol–water partition coefficient (Wildman–Crippen LogP) is 1.90. The number of carboxylic acid groups (broad SMARTS) is 1. The number of hydrogen-bond donors (Lipinski definition) is 1. The van der Waals surface area contributed by atoms with Crippen molar-refractivity contribution < 1.29 is 27.9 Å². The molecule has 0 aliphatic carbocycles. The molecule has 1 N–H and O–H groups in total. The summed E-state index contributed by atoms with van der Waals surface area (Å²) < 4.78 is 37.0. The van der Waals surface area contributed by atoms with Gasteiger partial charge in [-0.05, 0) is 24.7 Å². The third-order valence-corrected chi connectivity index (χ3v) is 3.37. The van der Waals surface area contributed by atoms with Gasteiger partial charge in [0.05, 0.1) is 0 Å². The number of piperidine rings is 1. The van der Waals surface area contributed by atoms with Crippen molar-refractivity contribution in [1.29, 1.82) is 0 Å². The van der Waals surface area contributed by atoms with Crippen molar-refractivity contribution in [1.82, 2.24) is 4.90 Å². The third kappa shape index (κ3) is 3.14. The zero-order chi connectivity index (χ0) is 14.1. The second-order valence-corrected chi connectivity index (χ2v) is 4.88. The lowest BCUT2D eigenvalue weighted by Gasteiger charge is -2.38. The first-order valence-corrected chi connectivity index (χ1v) is 5.75. The van der Waals surface area contributed by atoms with E-state index in [-0.39, 0.29) is 24.8 Å². The second kappa shape index (κ2) is 5.16. The van der Waals surface area contributed by atoms with E-state index in [9.17, 15) is 22.8 Å². The Balaban J connectivity index is 2.87. The molecule has 1 aliphatic heterocycles. The molecular formula is C11H16F3NO3. The van der Waals surface area contributed by atoms with Crippen molar-refractivity contribution in [2.75, 3.05) is 6.54 Å². The molecule has 1 amide bonds. The number of carbonyl (C=O) groups excluding carboxylic acids is 1. The molecule has 0 bridgehead atoms. The van der Waals surface area contributed by atoms with Gasteiger partial charge in [-0.2, -0.15) is 13.2 Å². The van der Waals surface area contributed by atoms with Gasteiger partial charge < -0.3 is 10.0 Å². The lowest BCUT2D eigenvalue weighted by atomic mass is 9.83. The van der Waals surface area contributed by atoms with Crippen molar-refractivity contribution in [3.05, 3.63) is 0 Å². The van der Waals surface area contributed by atoms with Crippen LogP contribution in [0.3, 0.4) is 0 Å². The Hall–Kier alpha value is -1.27. The molecular weight excluding hydrogens is 251 g/mol. The topological polar surface area (TPSA) is 57.6 Å². The first kappa shape index (κ1) is 14.8. The van der Waals surface area contributed by atoms with Crippen LogP contribution in [0.4, 0.5) is 13.2 Å². The van der Waals surface area contributed by atoms with Crippen molar-refractivity contribution in [2.45, 2.75) is 38.9 Å². The maximum absolute atomic E-state index is 12.3. The number of likely N-dealkylation sites (tertiary alicyclic amines) is 1. The molecule has 0 aromatic carbocycles. The Morgan fingerprint density at radius 2 is 1.89 bits per heavy atom. The molecule has 0 aromatic rings. The molecule has 2 unspecified atom stereocenters. The second-order valence-electron chi connectivity index (χ2n) is 4.88. The summed E-state index contributed by atoms with van der Waals surface area (Å²) in [7, 11) is 0. The van der Waals surface area contributed by atoms with E-state index in [0.717, 1.165) is 0 Å². The average molecular weight is 267 g/mol. The minimum Gasteiger partial charge on any atom is -0.480 e. The van der Waals surface area contributed by atoms with Crippen LogP contribution >= 0.6 is 0 Å². The van der Waals surface area contributed by atoms with Gasteiger partial charge in [0, 0.05) is 6.54 Å². The van der Waals surface area contributed by atoms with Crippen LogP contribution in [0.1, 0.15) is 26.7 Å². The number of nitrogens with zero attached hydrogens (tertiary/aromatic N) is 1. The molecule has 1 fully saturated rings. The molecule has 1 saturated heterocycles. The minimum absolute atomic E-state index is 0.0309. The van der Waals surface area contributed by atoms with Gasteiger partial charge in [0.1, 0.15) is 6.04 Å². The first-order valence-electron chi connectivity index (χ1n) is 5.75. The number of halogens is 3. The zero-order valence-corrected chi connectivity index (χ0v) is 10.2. The van der Waals surface area contributed by atoms with Gasteiger partial charge in [-0.3, -0.25) is 4.79 Å². The molecule has 18 heavy (non-hydrogen) atoms. The van der Waals surface area contributed by atoms with Crippen LogP contribution in [0.5, 0.6) is 0 Å². The highest BCUT2D eigenvalue weighted by Gasteiger charge is 2.48. The van der Waals surface area contributed by atoms with Gasteiger partial charge in [-0.1, -0.05) is 13.8 Å². The maximum Gasteiger partial charge on any atom is 0.471 e. The summed E-state index contributed by atoms with van der Waals surface area (Å²) in [5.74, 6) is -3.21. The van der Waals surface area contributed by atoms with Crippen molar-refractivity contribution >= 4 is 11.9 Å². The first-order chi connectivity index (χ1) is 8.14. The van der Waals surface area contributed by atoms with Crippen LogP contribution in [0.25, 0.3) is 0 Å². The SMILES string of the molecule is CC(C)C1CCN(C(=O)C(F)(F)F)C(C(=O)O)C1. The summed E-state index contributed by atoms with van der Waals surface area (Å²) in [6.07, 6.45) is -4.53. The highest BCUT2D eigenvalue weighted by atomic mass is 19.4. The third-order valence-electron chi connectivity index (χ3n) is 3.37. The standard InChI is InChI=1S/C11H16F3NO3/c1-6(2)7-3-4-15(8(5-7)9(16)17)10(18)11(12,13)14/h6-8H,3-5H2,1-2H3,(H,16,17). The lowest BCUT2D eigenvalue weighted by Crippen LogP contribution is -2.54. The van der Waals surface area contributed by atoms with Gasteiger partial charge >= 0.3 is 18.1 Å². The fourth-order valence-corrected chi connectivity index (χ4v) is 2.24. The molecule has 2 atom stereocenters. The van der Waals surface area contributed by atoms with Gasteiger partial charge in [-0.25, -0.2) is 4.79 Å². The van der Waals surface area contributed by atoms with E-state index in [1.165, 1.54) is 0 Å². The van der Waals surface area contributed by atoms with Crippen LogP contribution in [-0.2, 0) is 9.59 Å². The molecule has 1 rings (SSSR count). The van der Waals surface area contributed by atoms with E-state index in [2.05, 4.69) is 0 Å². The fourth-order valence-electron chi connectivity index (χ4n) is 2.24. The van der Waals surface area contributed by atoms with E-state index < -0.39 is 24.1 Å². The van der Waals surface area contributed by atoms with E-state index in [1.54, 1.807) is 0 Å². The summed E-state index contributed by atoms with van der Waals surface area (Å²) in [6, 6.07) is -1.37. The Kier molecular flexibility index (Phi) is 4.24. The molecule has 4 nitrogen and oxygen atoms in total. The highest BCUT2D eigenvalue weighted by Crippen LogP contribution is 2.31. The normalized spacial score (nSPS) is 25.3. The van der Waals surface area contributed by atoms with Gasteiger partial charge in [-0.15, -0.1) is 0 Å². The van der Waals surface area contributed by atoms with Crippen molar-refractivity contribution in [3.63, 3.8) is 0 Å². The molecule has 7 heteroatoms. The monoisotopic (exact) mass is 267 g/mol. The average Bonchev–Trinajstić information content (AvgIpc) is 2.25.